The zero-order valence-corrected chi connectivity index (χ0v) is 8.01. The van der Waals surface area contributed by atoms with Crippen molar-refractivity contribution in [1.82, 2.24) is 0 Å². The molecule has 0 radical (unpaired) electrons. The highest BCUT2D eigenvalue weighted by Gasteiger charge is 2.41. The molecular weight excluding hydrogens is 152 g/mol. The summed E-state index contributed by atoms with van der Waals surface area (Å²) in [6, 6.07) is 0. The number of hydrogen-bond donors (Lipinski definition) is 0. The van der Waals surface area contributed by atoms with Crippen LogP contribution in [0.5, 0.6) is 0 Å². The summed E-state index contributed by atoms with van der Waals surface area (Å²) in [5, 5.41) is 0. The number of ether oxygens (including phenoxy) is 2. The molecule has 0 aromatic rings. The quantitative estimate of drug-likeness (QED) is 0.553. The van der Waals surface area contributed by atoms with Crippen LogP contribution in [0.15, 0.2) is 0 Å². The fraction of sp³-hybridized carbons (Fsp3) is 1.00. The Bertz CT molecular complexity index is 159. The van der Waals surface area contributed by atoms with E-state index in [0.717, 1.165) is 13.2 Å². The van der Waals surface area contributed by atoms with Gasteiger partial charge in [0, 0.05) is 5.41 Å². The Balaban J connectivity index is 1.95. The van der Waals surface area contributed by atoms with E-state index in [1.807, 2.05) is 0 Å². The maximum atomic E-state index is 5.68. The summed E-state index contributed by atoms with van der Waals surface area (Å²) in [5.74, 6) is 0. The molecule has 2 nitrogen and oxygen atoms in total. The zero-order chi connectivity index (χ0) is 8.60. The molecule has 0 amide bonds. The van der Waals surface area contributed by atoms with Crippen molar-refractivity contribution < 1.29 is 9.47 Å². The first-order valence-electron chi connectivity index (χ1n) is 4.93. The smallest absolute Gasteiger partial charge is 0.0554 e. The molecule has 0 bridgehead atoms. The van der Waals surface area contributed by atoms with Crippen molar-refractivity contribution in [2.45, 2.75) is 45.3 Å². The lowest BCUT2D eigenvalue weighted by atomic mass is 9.79. The van der Waals surface area contributed by atoms with Crippen molar-refractivity contribution >= 4 is 0 Å². The second-order valence-electron chi connectivity index (χ2n) is 4.49. The third-order valence-corrected chi connectivity index (χ3v) is 3.15. The maximum Gasteiger partial charge on any atom is 0.0554 e. The predicted octanol–water partition coefficient (Wildman–Crippen LogP) is 1.98. The number of hydrogen-bond acceptors (Lipinski definition) is 2. The van der Waals surface area contributed by atoms with Gasteiger partial charge in [-0.1, -0.05) is 0 Å². The van der Waals surface area contributed by atoms with E-state index < -0.39 is 0 Å². The molecule has 1 spiro atoms. The Morgan fingerprint density at radius 2 is 1.75 bits per heavy atom. The minimum absolute atomic E-state index is 0.381. The summed E-state index contributed by atoms with van der Waals surface area (Å²) in [4.78, 5) is 0. The Morgan fingerprint density at radius 3 is 2.17 bits per heavy atom. The molecular formula is C10H18O2. The predicted molar refractivity (Wildman–Crippen MR) is 47.1 cm³/mol. The van der Waals surface area contributed by atoms with Crippen LogP contribution in [0.3, 0.4) is 0 Å². The van der Waals surface area contributed by atoms with Gasteiger partial charge in [-0.25, -0.2) is 0 Å². The van der Waals surface area contributed by atoms with E-state index in [1.165, 1.54) is 19.3 Å². The average molecular weight is 170 g/mol. The Labute approximate surface area is 74.2 Å². The molecule has 70 valence electrons. The summed E-state index contributed by atoms with van der Waals surface area (Å²) in [6.45, 7) is 6.15. The van der Waals surface area contributed by atoms with Crippen LogP contribution >= 0.6 is 0 Å². The van der Waals surface area contributed by atoms with Crippen molar-refractivity contribution in [3.8, 4) is 0 Å². The van der Waals surface area contributed by atoms with E-state index in [1.54, 1.807) is 0 Å². The van der Waals surface area contributed by atoms with Gasteiger partial charge >= 0.3 is 0 Å². The first-order valence-corrected chi connectivity index (χ1v) is 4.93. The highest BCUT2D eigenvalue weighted by Crippen LogP contribution is 2.40. The fourth-order valence-electron chi connectivity index (χ4n) is 2.31. The van der Waals surface area contributed by atoms with Crippen LogP contribution in [0.4, 0.5) is 0 Å². The van der Waals surface area contributed by atoms with Crippen molar-refractivity contribution in [2.75, 3.05) is 13.2 Å². The second kappa shape index (κ2) is 3.00. The SMILES string of the molecule is CC1CCC2(CO1)COC(C)C2. The first kappa shape index (κ1) is 8.52. The van der Waals surface area contributed by atoms with Crippen LogP contribution in [0.25, 0.3) is 0 Å². The van der Waals surface area contributed by atoms with Gasteiger partial charge in [0.15, 0.2) is 0 Å². The van der Waals surface area contributed by atoms with E-state index in [0.29, 0.717) is 17.6 Å². The van der Waals surface area contributed by atoms with Gasteiger partial charge in [0.05, 0.1) is 25.4 Å². The topological polar surface area (TPSA) is 18.5 Å². The standard InChI is InChI=1S/C10H18O2/c1-8-3-4-10(6-11-8)5-9(2)12-7-10/h8-9H,3-7H2,1-2H3. The highest BCUT2D eigenvalue weighted by atomic mass is 16.5. The van der Waals surface area contributed by atoms with Gasteiger partial charge in [-0.2, -0.15) is 0 Å². The minimum Gasteiger partial charge on any atom is -0.378 e. The molecule has 2 aliphatic heterocycles. The zero-order valence-electron chi connectivity index (χ0n) is 8.01. The summed E-state index contributed by atoms with van der Waals surface area (Å²) in [6.07, 6.45) is 4.60. The molecule has 0 N–H and O–H groups in total. The van der Waals surface area contributed by atoms with Gasteiger partial charge in [-0.15, -0.1) is 0 Å². The van der Waals surface area contributed by atoms with Crippen LogP contribution in [0.2, 0.25) is 0 Å². The molecule has 2 heteroatoms. The molecule has 0 aromatic heterocycles. The van der Waals surface area contributed by atoms with Crippen molar-refractivity contribution in [1.29, 1.82) is 0 Å². The molecule has 2 heterocycles. The van der Waals surface area contributed by atoms with Crippen LogP contribution in [0, 0.1) is 5.41 Å². The normalized spacial score (nSPS) is 48.5. The number of rotatable bonds is 0. The Hall–Kier alpha value is -0.0800. The fourth-order valence-corrected chi connectivity index (χ4v) is 2.31. The summed E-state index contributed by atoms with van der Waals surface area (Å²) >= 11 is 0. The van der Waals surface area contributed by atoms with Gasteiger partial charge in [0.2, 0.25) is 0 Å². The molecule has 0 aliphatic carbocycles. The van der Waals surface area contributed by atoms with Gasteiger partial charge in [-0.3, -0.25) is 0 Å². The summed E-state index contributed by atoms with van der Waals surface area (Å²) in [7, 11) is 0. The Morgan fingerprint density at radius 1 is 1.08 bits per heavy atom. The lowest BCUT2D eigenvalue weighted by molar-refractivity contribution is -0.0564. The molecule has 2 saturated heterocycles. The van der Waals surface area contributed by atoms with Crippen LogP contribution in [-0.2, 0) is 9.47 Å². The van der Waals surface area contributed by atoms with Crippen LogP contribution in [-0.4, -0.2) is 25.4 Å². The molecule has 2 rings (SSSR count). The molecule has 12 heavy (non-hydrogen) atoms. The largest absolute Gasteiger partial charge is 0.378 e. The molecule has 0 saturated carbocycles. The van der Waals surface area contributed by atoms with Gasteiger partial charge in [0.1, 0.15) is 0 Å². The van der Waals surface area contributed by atoms with Gasteiger partial charge in [-0.05, 0) is 33.1 Å². The van der Waals surface area contributed by atoms with Gasteiger partial charge in [0.25, 0.3) is 0 Å². The first-order chi connectivity index (χ1) is 5.70. The molecule has 0 aromatic carbocycles. The summed E-state index contributed by atoms with van der Waals surface area (Å²) in [5.41, 5.74) is 0.381. The van der Waals surface area contributed by atoms with Crippen LogP contribution < -0.4 is 0 Å². The van der Waals surface area contributed by atoms with E-state index in [9.17, 15) is 0 Å². The van der Waals surface area contributed by atoms with Crippen molar-refractivity contribution in [3.63, 3.8) is 0 Å². The molecule has 2 aliphatic rings. The van der Waals surface area contributed by atoms with E-state index in [-0.39, 0.29) is 0 Å². The lowest BCUT2D eigenvalue weighted by Gasteiger charge is -2.34. The molecule has 2 fully saturated rings. The van der Waals surface area contributed by atoms with E-state index in [2.05, 4.69) is 13.8 Å². The van der Waals surface area contributed by atoms with Crippen molar-refractivity contribution in [3.05, 3.63) is 0 Å². The third kappa shape index (κ3) is 1.50. The lowest BCUT2D eigenvalue weighted by Crippen LogP contribution is -2.35. The average Bonchev–Trinajstić information content (AvgIpc) is 2.40. The van der Waals surface area contributed by atoms with E-state index in [4.69, 9.17) is 9.47 Å². The third-order valence-electron chi connectivity index (χ3n) is 3.15. The monoisotopic (exact) mass is 170 g/mol. The highest BCUT2D eigenvalue weighted by molar-refractivity contribution is 4.89. The minimum atomic E-state index is 0.381. The molecule has 3 unspecified atom stereocenters. The summed E-state index contributed by atoms with van der Waals surface area (Å²) < 4.78 is 11.3. The van der Waals surface area contributed by atoms with E-state index >= 15 is 0 Å². The second-order valence-corrected chi connectivity index (χ2v) is 4.49. The maximum absolute atomic E-state index is 5.68. The van der Waals surface area contributed by atoms with Crippen molar-refractivity contribution in [2.24, 2.45) is 5.41 Å². The molecule has 3 atom stereocenters. The Kier molecular flexibility index (Phi) is 2.13. The van der Waals surface area contributed by atoms with Crippen LogP contribution in [0.1, 0.15) is 33.1 Å². The van der Waals surface area contributed by atoms with Gasteiger partial charge < -0.3 is 9.47 Å².